The second-order valence-electron chi connectivity index (χ2n) is 4.08. The minimum atomic E-state index is 0.213. The molecule has 2 rings (SSSR count). The van der Waals surface area contributed by atoms with Crippen molar-refractivity contribution < 1.29 is 5.11 Å². The molecule has 0 amide bonds. The lowest BCUT2D eigenvalue weighted by Crippen LogP contribution is -2.01. The van der Waals surface area contributed by atoms with Gasteiger partial charge in [-0.1, -0.05) is 30.0 Å². The molecule has 0 radical (unpaired) electrons. The van der Waals surface area contributed by atoms with Gasteiger partial charge in [-0.15, -0.1) is 10.2 Å². The van der Waals surface area contributed by atoms with Crippen LogP contribution in [-0.2, 0) is 0 Å². The zero-order valence-electron chi connectivity index (χ0n) is 10.6. The molecular weight excluding hydrogens is 246 g/mol. The van der Waals surface area contributed by atoms with Gasteiger partial charge in [-0.05, 0) is 31.9 Å². The summed E-state index contributed by atoms with van der Waals surface area (Å²) in [6.45, 7) is 4.25. The molecule has 0 aliphatic rings. The maximum absolute atomic E-state index is 8.82. The van der Waals surface area contributed by atoms with Crippen LogP contribution in [0.2, 0.25) is 0 Å². The molecule has 96 valence electrons. The maximum atomic E-state index is 8.82. The number of rotatable bonds is 5. The molecule has 0 unspecified atom stereocenters. The molecule has 2 aromatic rings. The molecule has 18 heavy (non-hydrogen) atoms. The lowest BCUT2D eigenvalue weighted by molar-refractivity contribution is 0.296. The molecule has 1 aromatic heterocycles. The fourth-order valence-corrected chi connectivity index (χ4v) is 2.67. The summed E-state index contributed by atoms with van der Waals surface area (Å²) in [4.78, 5) is 0. The Morgan fingerprint density at radius 3 is 2.72 bits per heavy atom. The van der Waals surface area contributed by atoms with E-state index in [2.05, 4.69) is 33.8 Å². The van der Waals surface area contributed by atoms with Crippen molar-refractivity contribution in [1.29, 1.82) is 0 Å². The summed E-state index contributed by atoms with van der Waals surface area (Å²) in [6, 6.07) is 8.19. The summed E-state index contributed by atoms with van der Waals surface area (Å²) in [5.74, 6) is 1.73. The maximum Gasteiger partial charge on any atom is 0.195 e. The summed E-state index contributed by atoms with van der Waals surface area (Å²) in [6.07, 6.45) is 0.768. The van der Waals surface area contributed by atoms with Gasteiger partial charge < -0.3 is 5.11 Å². The number of benzene rings is 1. The summed E-state index contributed by atoms with van der Waals surface area (Å²) in [5.41, 5.74) is 2.32. The van der Waals surface area contributed by atoms with Gasteiger partial charge in [0, 0.05) is 12.4 Å². The third-order valence-electron chi connectivity index (χ3n) is 2.69. The first-order chi connectivity index (χ1) is 8.74. The molecule has 1 aromatic carbocycles. The highest BCUT2D eigenvalue weighted by atomic mass is 32.2. The average Bonchev–Trinajstić information content (AvgIpc) is 2.72. The summed E-state index contributed by atoms with van der Waals surface area (Å²) < 4.78 is 2.07. The number of aliphatic hydroxyl groups excluding tert-OH is 1. The fraction of sp³-hybridized carbons (Fsp3) is 0.385. The Morgan fingerprint density at radius 2 is 2.00 bits per heavy atom. The van der Waals surface area contributed by atoms with E-state index in [1.54, 1.807) is 11.8 Å². The highest BCUT2D eigenvalue weighted by molar-refractivity contribution is 7.99. The molecule has 0 atom stereocenters. The second-order valence-corrected chi connectivity index (χ2v) is 5.14. The van der Waals surface area contributed by atoms with E-state index in [0.717, 1.165) is 28.8 Å². The SMILES string of the molecule is Cc1ccccc1-n1c(C)nnc1SCCCO. The van der Waals surface area contributed by atoms with E-state index >= 15 is 0 Å². The van der Waals surface area contributed by atoms with Crippen LogP contribution < -0.4 is 0 Å². The predicted octanol–water partition coefficient (Wildman–Crippen LogP) is 2.36. The fourth-order valence-electron chi connectivity index (χ4n) is 1.76. The van der Waals surface area contributed by atoms with E-state index in [9.17, 15) is 0 Å². The van der Waals surface area contributed by atoms with Gasteiger partial charge in [0.05, 0.1) is 5.69 Å². The molecule has 0 aliphatic carbocycles. The molecule has 0 saturated heterocycles. The van der Waals surface area contributed by atoms with Crippen molar-refractivity contribution in [2.45, 2.75) is 25.4 Å². The number of nitrogens with zero attached hydrogens (tertiary/aromatic N) is 3. The van der Waals surface area contributed by atoms with E-state index < -0.39 is 0 Å². The van der Waals surface area contributed by atoms with Crippen LogP contribution in [0.1, 0.15) is 17.8 Å². The summed E-state index contributed by atoms with van der Waals surface area (Å²) >= 11 is 1.63. The van der Waals surface area contributed by atoms with Crippen LogP contribution in [0, 0.1) is 13.8 Å². The van der Waals surface area contributed by atoms with Gasteiger partial charge in [0.15, 0.2) is 5.16 Å². The summed E-state index contributed by atoms with van der Waals surface area (Å²) in [7, 11) is 0. The van der Waals surface area contributed by atoms with Crippen LogP contribution in [0.4, 0.5) is 0 Å². The van der Waals surface area contributed by atoms with Crippen LogP contribution in [0.15, 0.2) is 29.4 Å². The minimum Gasteiger partial charge on any atom is -0.396 e. The van der Waals surface area contributed by atoms with Crippen molar-refractivity contribution in [3.05, 3.63) is 35.7 Å². The average molecular weight is 263 g/mol. The van der Waals surface area contributed by atoms with E-state index in [1.807, 2.05) is 19.1 Å². The smallest absolute Gasteiger partial charge is 0.195 e. The highest BCUT2D eigenvalue weighted by Crippen LogP contribution is 2.24. The van der Waals surface area contributed by atoms with Crippen molar-refractivity contribution in [2.24, 2.45) is 0 Å². The van der Waals surface area contributed by atoms with E-state index in [4.69, 9.17) is 5.11 Å². The van der Waals surface area contributed by atoms with Gasteiger partial charge >= 0.3 is 0 Å². The third kappa shape index (κ3) is 2.73. The Labute approximate surface area is 111 Å². The lowest BCUT2D eigenvalue weighted by atomic mass is 10.2. The van der Waals surface area contributed by atoms with Gasteiger partial charge in [0.2, 0.25) is 0 Å². The largest absolute Gasteiger partial charge is 0.396 e. The molecule has 4 nitrogen and oxygen atoms in total. The molecule has 0 saturated carbocycles. The Morgan fingerprint density at radius 1 is 1.22 bits per heavy atom. The number of hydrogen-bond acceptors (Lipinski definition) is 4. The van der Waals surface area contributed by atoms with Crippen molar-refractivity contribution in [2.75, 3.05) is 12.4 Å². The van der Waals surface area contributed by atoms with Crippen LogP contribution in [0.25, 0.3) is 5.69 Å². The van der Waals surface area contributed by atoms with Gasteiger partial charge in [0.25, 0.3) is 0 Å². The summed E-state index contributed by atoms with van der Waals surface area (Å²) in [5, 5.41) is 18.1. The third-order valence-corrected chi connectivity index (χ3v) is 3.70. The molecule has 1 heterocycles. The number of aryl methyl sites for hydroxylation is 2. The number of para-hydroxylation sites is 1. The molecular formula is C13H17N3OS. The van der Waals surface area contributed by atoms with Crippen LogP contribution in [-0.4, -0.2) is 32.2 Å². The number of aliphatic hydroxyl groups is 1. The monoisotopic (exact) mass is 263 g/mol. The van der Waals surface area contributed by atoms with Gasteiger partial charge in [-0.25, -0.2) is 0 Å². The Balaban J connectivity index is 2.32. The topological polar surface area (TPSA) is 50.9 Å². The first kappa shape index (κ1) is 13.1. The molecule has 1 N–H and O–H groups in total. The standard InChI is InChI=1S/C13H17N3OS/c1-10-6-3-4-7-12(10)16-11(2)14-15-13(16)18-9-5-8-17/h3-4,6-7,17H,5,8-9H2,1-2H3. The molecule has 0 fully saturated rings. The molecule has 0 spiro atoms. The second kappa shape index (κ2) is 6.02. The highest BCUT2D eigenvalue weighted by Gasteiger charge is 2.12. The van der Waals surface area contributed by atoms with E-state index in [1.165, 1.54) is 5.56 Å². The van der Waals surface area contributed by atoms with Crippen LogP contribution in [0.5, 0.6) is 0 Å². The first-order valence-corrected chi connectivity index (χ1v) is 6.94. The van der Waals surface area contributed by atoms with Gasteiger partial charge in [0.1, 0.15) is 5.82 Å². The molecule has 5 heteroatoms. The van der Waals surface area contributed by atoms with Crippen LogP contribution in [0.3, 0.4) is 0 Å². The molecule has 0 bridgehead atoms. The zero-order chi connectivity index (χ0) is 13.0. The number of hydrogen-bond donors (Lipinski definition) is 1. The van der Waals surface area contributed by atoms with Gasteiger partial charge in [-0.3, -0.25) is 4.57 Å². The lowest BCUT2D eigenvalue weighted by Gasteiger charge is -2.10. The van der Waals surface area contributed by atoms with Crippen LogP contribution >= 0.6 is 11.8 Å². The van der Waals surface area contributed by atoms with Crippen molar-refractivity contribution in [3.8, 4) is 5.69 Å². The molecule has 0 aliphatic heterocycles. The Kier molecular flexibility index (Phi) is 4.38. The normalized spacial score (nSPS) is 10.8. The zero-order valence-corrected chi connectivity index (χ0v) is 11.4. The Hall–Kier alpha value is -1.33. The predicted molar refractivity (Wildman–Crippen MR) is 73.3 cm³/mol. The van der Waals surface area contributed by atoms with E-state index in [-0.39, 0.29) is 6.61 Å². The van der Waals surface area contributed by atoms with Crippen molar-refractivity contribution in [1.82, 2.24) is 14.8 Å². The van der Waals surface area contributed by atoms with Crippen molar-refractivity contribution >= 4 is 11.8 Å². The van der Waals surface area contributed by atoms with Crippen molar-refractivity contribution in [3.63, 3.8) is 0 Å². The minimum absolute atomic E-state index is 0.213. The van der Waals surface area contributed by atoms with Gasteiger partial charge in [-0.2, -0.15) is 0 Å². The van der Waals surface area contributed by atoms with E-state index in [0.29, 0.717) is 0 Å². The first-order valence-electron chi connectivity index (χ1n) is 5.95. The number of aromatic nitrogens is 3. The Bertz CT molecular complexity index is 525. The quantitative estimate of drug-likeness (QED) is 0.664. The number of thioether (sulfide) groups is 1.